The first-order valence-electron chi connectivity index (χ1n) is 15.6. The molecule has 5 aromatic rings. The summed E-state index contributed by atoms with van der Waals surface area (Å²) in [5.41, 5.74) is 3.76. The Morgan fingerprint density at radius 1 is 1.04 bits per heavy atom. The smallest absolute Gasteiger partial charge is 0.410 e. The fraction of sp³-hybridized carbons (Fsp3) is 0.333. The molecule has 236 valence electrons. The minimum absolute atomic E-state index is 0.0416. The number of H-pyrrole nitrogens is 1. The van der Waals surface area contributed by atoms with Crippen molar-refractivity contribution in [3.8, 4) is 28.7 Å². The van der Waals surface area contributed by atoms with Gasteiger partial charge in [0, 0.05) is 48.9 Å². The maximum absolute atomic E-state index is 14.1. The van der Waals surface area contributed by atoms with Gasteiger partial charge in [-0.1, -0.05) is 30.3 Å². The van der Waals surface area contributed by atoms with E-state index in [1.807, 2.05) is 92.4 Å². The molecule has 1 fully saturated rings. The van der Waals surface area contributed by atoms with Gasteiger partial charge in [0.2, 0.25) is 0 Å². The van der Waals surface area contributed by atoms with Crippen LogP contribution >= 0.6 is 0 Å². The molecule has 2 amide bonds. The van der Waals surface area contributed by atoms with Crippen LogP contribution in [-0.2, 0) is 16.7 Å². The van der Waals surface area contributed by atoms with Crippen LogP contribution in [-0.4, -0.2) is 69.1 Å². The highest BCUT2D eigenvalue weighted by Gasteiger charge is 2.47. The Bertz CT molecular complexity index is 1880. The molecule has 0 bridgehead atoms. The molecule has 10 nitrogen and oxygen atoms in total. The van der Waals surface area contributed by atoms with Crippen molar-refractivity contribution in [2.75, 3.05) is 26.7 Å². The number of hydrogen-bond acceptors (Lipinski definition) is 7. The number of fused-ring (bicyclic) bond motifs is 3. The van der Waals surface area contributed by atoms with E-state index in [0.717, 1.165) is 33.7 Å². The van der Waals surface area contributed by atoms with Crippen LogP contribution in [0.5, 0.6) is 5.75 Å². The zero-order valence-electron chi connectivity index (χ0n) is 26.5. The number of carbonyl (C=O) groups excluding carboxylic acids is 2. The number of para-hydroxylation sites is 1. The number of nitrogens with one attached hydrogen (secondary N) is 1. The van der Waals surface area contributed by atoms with Gasteiger partial charge in [-0.05, 0) is 75.6 Å². The number of amides is 2. The predicted molar refractivity (Wildman–Crippen MR) is 173 cm³/mol. The van der Waals surface area contributed by atoms with Crippen LogP contribution in [0, 0.1) is 0 Å². The largest absolute Gasteiger partial charge is 0.497 e. The van der Waals surface area contributed by atoms with Gasteiger partial charge < -0.3 is 28.7 Å². The Hall–Kier alpha value is -5.12. The number of nitrogens with zero attached hydrogens (tertiary/aromatic N) is 4. The van der Waals surface area contributed by atoms with E-state index in [-0.39, 0.29) is 17.4 Å². The molecule has 2 aliphatic rings. The average molecular weight is 620 g/mol. The Morgan fingerprint density at radius 3 is 2.52 bits per heavy atom. The van der Waals surface area contributed by atoms with Crippen LogP contribution in [0.25, 0.3) is 33.9 Å². The highest BCUT2D eigenvalue weighted by molar-refractivity contribution is 5.98. The monoisotopic (exact) mass is 619 g/mol. The van der Waals surface area contributed by atoms with Crippen LogP contribution in [0.4, 0.5) is 4.79 Å². The van der Waals surface area contributed by atoms with E-state index in [4.69, 9.17) is 18.9 Å². The van der Waals surface area contributed by atoms with Gasteiger partial charge in [-0.25, -0.2) is 14.8 Å². The quantitative estimate of drug-likeness (QED) is 0.230. The molecular formula is C36H37N5O5. The molecule has 2 aromatic carbocycles. The molecule has 0 atom stereocenters. The number of piperidine rings is 1. The van der Waals surface area contributed by atoms with Gasteiger partial charge in [0.1, 0.15) is 16.9 Å². The lowest BCUT2D eigenvalue weighted by Gasteiger charge is -2.47. The lowest BCUT2D eigenvalue weighted by molar-refractivity contribution is 0.0120. The van der Waals surface area contributed by atoms with E-state index in [9.17, 15) is 9.59 Å². The molecule has 0 radical (unpaired) electrons. The normalized spacial score (nSPS) is 16.1. The summed E-state index contributed by atoms with van der Waals surface area (Å²) in [5, 5.41) is 0.976. The van der Waals surface area contributed by atoms with Gasteiger partial charge in [-0.15, -0.1) is 0 Å². The zero-order chi connectivity index (χ0) is 32.1. The first-order valence-corrected chi connectivity index (χ1v) is 15.6. The van der Waals surface area contributed by atoms with Crippen molar-refractivity contribution in [3.05, 3.63) is 89.7 Å². The molecule has 10 heteroatoms. The first-order chi connectivity index (χ1) is 22.1. The molecule has 1 N–H and O–H groups in total. The van der Waals surface area contributed by atoms with Crippen molar-refractivity contribution >= 4 is 23.0 Å². The Morgan fingerprint density at radius 2 is 1.80 bits per heavy atom. The number of methoxy groups -OCH3 is 1. The van der Waals surface area contributed by atoms with Crippen molar-refractivity contribution in [1.82, 2.24) is 24.8 Å². The summed E-state index contributed by atoms with van der Waals surface area (Å²) in [6, 6.07) is 21.3. The zero-order valence-corrected chi connectivity index (χ0v) is 26.5. The molecule has 0 unspecified atom stereocenters. The molecule has 3 aromatic heterocycles. The summed E-state index contributed by atoms with van der Waals surface area (Å²) in [4.78, 5) is 43.6. The van der Waals surface area contributed by atoms with E-state index < -0.39 is 5.60 Å². The van der Waals surface area contributed by atoms with Crippen LogP contribution < -0.4 is 4.74 Å². The number of carbonyl (C=O) groups is 2. The molecule has 1 saturated heterocycles. The maximum Gasteiger partial charge on any atom is 0.410 e. The third-order valence-electron chi connectivity index (χ3n) is 8.84. The van der Waals surface area contributed by atoms with Crippen LogP contribution in [0.3, 0.4) is 0 Å². The SMILES string of the molecule is COc1ccc(CN2CC3(CCN(C(=O)OC(C)(C)C)CC3)c3[nH]c(-c4ccnc(-c5cc6ccccc6o5)n4)cc3C2=O)cc1. The van der Waals surface area contributed by atoms with Crippen LogP contribution in [0.2, 0.25) is 0 Å². The van der Waals surface area contributed by atoms with Crippen molar-refractivity contribution in [2.24, 2.45) is 0 Å². The molecule has 7 rings (SSSR count). The Balaban J connectivity index is 1.23. The molecule has 2 aliphatic heterocycles. The first kappa shape index (κ1) is 29.6. The van der Waals surface area contributed by atoms with E-state index >= 15 is 0 Å². The highest BCUT2D eigenvalue weighted by atomic mass is 16.6. The molecule has 5 heterocycles. The third-order valence-corrected chi connectivity index (χ3v) is 8.84. The standard InChI is InChI=1S/C36H37N5O5/c1-35(2,3)46-34(43)40-17-14-36(15-18-40)22-41(21-23-9-11-25(44-4)12-10-23)33(42)26-20-28(38-31(26)36)27-13-16-37-32(39-27)30-19-24-7-5-6-8-29(24)45-30/h5-13,16,19-20,38H,14-15,17-18,21-22H2,1-4H3. The summed E-state index contributed by atoms with van der Waals surface area (Å²) >= 11 is 0. The summed E-state index contributed by atoms with van der Waals surface area (Å²) in [6.45, 7) is 7.66. The number of aromatic nitrogens is 3. The highest BCUT2D eigenvalue weighted by Crippen LogP contribution is 2.43. The summed E-state index contributed by atoms with van der Waals surface area (Å²) in [5.74, 6) is 1.77. The maximum atomic E-state index is 14.1. The fourth-order valence-electron chi connectivity index (χ4n) is 6.52. The van der Waals surface area contributed by atoms with Crippen molar-refractivity contribution < 1.29 is 23.5 Å². The van der Waals surface area contributed by atoms with Crippen LogP contribution in [0.15, 0.2) is 77.3 Å². The number of furan rings is 1. The van der Waals surface area contributed by atoms with E-state index in [0.29, 0.717) is 61.9 Å². The minimum atomic E-state index is -0.571. The van der Waals surface area contributed by atoms with E-state index in [1.165, 1.54) is 0 Å². The topological polar surface area (TPSA) is 114 Å². The number of rotatable bonds is 5. The second kappa shape index (κ2) is 11.3. The molecular weight excluding hydrogens is 582 g/mol. The third kappa shape index (κ3) is 5.59. The van der Waals surface area contributed by atoms with Gasteiger partial charge in [0.15, 0.2) is 11.6 Å². The Labute approximate surface area is 267 Å². The molecule has 1 spiro atoms. The molecule has 46 heavy (non-hydrogen) atoms. The van der Waals surface area contributed by atoms with Gasteiger partial charge in [0.05, 0.1) is 24.1 Å². The summed E-state index contributed by atoms with van der Waals surface area (Å²) < 4.78 is 17.0. The second-order valence-corrected chi connectivity index (χ2v) is 13.1. The van der Waals surface area contributed by atoms with Gasteiger partial charge in [-0.2, -0.15) is 0 Å². The van der Waals surface area contributed by atoms with Gasteiger partial charge in [0.25, 0.3) is 5.91 Å². The second-order valence-electron chi connectivity index (χ2n) is 13.1. The number of likely N-dealkylation sites (tertiary alicyclic amines) is 1. The number of hydrogen-bond donors (Lipinski definition) is 1. The predicted octanol–water partition coefficient (Wildman–Crippen LogP) is 6.82. The lowest BCUT2D eigenvalue weighted by atomic mass is 9.72. The number of benzene rings is 2. The number of aromatic amines is 1. The lowest BCUT2D eigenvalue weighted by Crippen LogP contribution is -2.55. The summed E-state index contributed by atoms with van der Waals surface area (Å²) in [7, 11) is 1.64. The van der Waals surface area contributed by atoms with Gasteiger partial charge in [-0.3, -0.25) is 4.79 Å². The van der Waals surface area contributed by atoms with Gasteiger partial charge >= 0.3 is 6.09 Å². The van der Waals surface area contributed by atoms with Crippen LogP contribution in [0.1, 0.15) is 55.2 Å². The van der Waals surface area contributed by atoms with E-state index in [1.54, 1.807) is 18.2 Å². The molecule has 0 saturated carbocycles. The fourth-order valence-corrected chi connectivity index (χ4v) is 6.52. The number of ether oxygens (including phenoxy) is 2. The Kier molecular flexibility index (Phi) is 7.30. The summed E-state index contributed by atoms with van der Waals surface area (Å²) in [6.07, 6.45) is 2.76. The van der Waals surface area contributed by atoms with Crippen molar-refractivity contribution in [2.45, 2.75) is 51.2 Å². The van der Waals surface area contributed by atoms with Crippen molar-refractivity contribution in [3.63, 3.8) is 0 Å². The minimum Gasteiger partial charge on any atom is -0.497 e. The van der Waals surface area contributed by atoms with Crippen molar-refractivity contribution in [1.29, 1.82) is 0 Å². The van der Waals surface area contributed by atoms with E-state index in [2.05, 4.69) is 9.97 Å². The molecule has 0 aliphatic carbocycles. The average Bonchev–Trinajstić information content (AvgIpc) is 3.70.